The SMILES string of the molecule is CC[C@H](C)c1ccc(C(=O)Cn2cnc3c(cnn3-c3ccccc3)c2=O)cc1. The van der Waals surface area contributed by atoms with Crippen molar-refractivity contribution in [3.63, 3.8) is 0 Å². The van der Waals surface area contributed by atoms with E-state index in [1.807, 2.05) is 54.6 Å². The molecule has 4 aromatic rings. The van der Waals surface area contributed by atoms with Crippen LogP contribution >= 0.6 is 0 Å². The normalized spacial score (nSPS) is 12.2. The second kappa shape index (κ2) is 7.83. The Kier molecular flexibility index (Phi) is 5.08. The molecule has 2 aromatic heterocycles. The zero-order valence-electron chi connectivity index (χ0n) is 16.4. The minimum absolute atomic E-state index is 0.0546. The highest BCUT2D eigenvalue weighted by Crippen LogP contribution is 2.19. The van der Waals surface area contributed by atoms with Crippen LogP contribution in [0.3, 0.4) is 0 Å². The molecule has 0 aliphatic heterocycles. The predicted octanol–water partition coefficient (Wildman–Crippen LogP) is 3.98. The Labute approximate surface area is 168 Å². The van der Waals surface area contributed by atoms with Crippen LogP contribution in [0, 0.1) is 0 Å². The van der Waals surface area contributed by atoms with E-state index in [1.165, 1.54) is 22.7 Å². The van der Waals surface area contributed by atoms with Crippen LogP contribution in [-0.2, 0) is 6.54 Å². The first-order valence-electron chi connectivity index (χ1n) is 9.70. The second-order valence-corrected chi connectivity index (χ2v) is 7.16. The molecular formula is C23H22N4O2. The molecule has 0 radical (unpaired) electrons. The number of fused-ring (bicyclic) bond motifs is 1. The fraction of sp³-hybridized carbons (Fsp3) is 0.217. The van der Waals surface area contributed by atoms with Crippen LogP contribution in [0.5, 0.6) is 0 Å². The number of benzene rings is 2. The molecule has 4 rings (SSSR count). The molecule has 0 aliphatic carbocycles. The molecular weight excluding hydrogens is 364 g/mol. The third-order valence-corrected chi connectivity index (χ3v) is 5.28. The van der Waals surface area contributed by atoms with E-state index in [1.54, 1.807) is 4.68 Å². The first-order chi connectivity index (χ1) is 14.1. The van der Waals surface area contributed by atoms with Crippen LogP contribution in [0.1, 0.15) is 42.1 Å². The van der Waals surface area contributed by atoms with E-state index in [4.69, 9.17) is 0 Å². The van der Waals surface area contributed by atoms with E-state index < -0.39 is 0 Å². The Balaban J connectivity index is 1.61. The molecule has 0 bridgehead atoms. The topological polar surface area (TPSA) is 69.8 Å². The summed E-state index contributed by atoms with van der Waals surface area (Å²) in [7, 11) is 0. The zero-order chi connectivity index (χ0) is 20.4. The quantitative estimate of drug-likeness (QED) is 0.470. The molecule has 0 saturated carbocycles. The maximum Gasteiger partial charge on any atom is 0.264 e. The van der Waals surface area contributed by atoms with E-state index in [0.29, 0.717) is 22.5 Å². The Bertz CT molecular complexity index is 1210. The van der Waals surface area contributed by atoms with Gasteiger partial charge in [0.2, 0.25) is 0 Å². The Morgan fingerprint density at radius 2 is 1.79 bits per heavy atom. The van der Waals surface area contributed by atoms with Crippen LogP contribution in [0.2, 0.25) is 0 Å². The van der Waals surface area contributed by atoms with Crippen molar-refractivity contribution in [1.82, 2.24) is 19.3 Å². The number of rotatable bonds is 6. The fourth-order valence-electron chi connectivity index (χ4n) is 3.30. The van der Waals surface area contributed by atoms with Gasteiger partial charge in [-0.1, -0.05) is 56.3 Å². The number of carbonyl (C=O) groups excluding carboxylic acids is 1. The number of hydrogen-bond acceptors (Lipinski definition) is 4. The summed E-state index contributed by atoms with van der Waals surface area (Å²) in [5.74, 6) is 0.328. The molecule has 0 aliphatic rings. The lowest BCUT2D eigenvalue weighted by molar-refractivity contribution is 0.0970. The molecule has 0 amide bonds. The van der Waals surface area contributed by atoms with Gasteiger partial charge in [0.15, 0.2) is 11.4 Å². The molecule has 6 nitrogen and oxygen atoms in total. The van der Waals surface area contributed by atoms with Gasteiger partial charge in [-0.05, 0) is 30.0 Å². The molecule has 2 heterocycles. The van der Waals surface area contributed by atoms with Gasteiger partial charge in [0, 0.05) is 5.56 Å². The molecule has 1 atom stereocenters. The van der Waals surface area contributed by atoms with Gasteiger partial charge in [-0.15, -0.1) is 0 Å². The van der Waals surface area contributed by atoms with E-state index in [0.717, 1.165) is 12.1 Å². The maximum absolute atomic E-state index is 12.8. The van der Waals surface area contributed by atoms with Crippen molar-refractivity contribution in [2.75, 3.05) is 0 Å². The summed E-state index contributed by atoms with van der Waals surface area (Å²) in [5.41, 5.74) is 2.82. The van der Waals surface area contributed by atoms with Crippen molar-refractivity contribution in [2.45, 2.75) is 32.7 Å². The van der Waals surface area contributed by atoms with Gasteiger partial charge in [-0.25, -0.2) is 9.67 Å². The largest absolute Gasteiger partial charge is 0.292 e. The fourth-order valence-corrected chi connectivity index (χ4v) is 3.30. The summed E-state index contributed by atoms with van der Waals surface area (Å²) in [6.07, 6.45) is 3.96. The van der Waals surface area contributed by atoms with Gasteiger partial charge in [-0.2, -0.15) is 5.10 Å². The summed E-state index contributed by atoms with van der Waals surface area (Å²) in [6.45, 7) is 4.24. The van der Waals surface area contributed by atoms with Crippen LogP contribution in [-0.4, -0.2) is 25.1 Å². The molecule has 6 heteroatoms. The molecule has 0 saturated heterocycles. The minimum Gasteiger partial charge on any atom is -0.292 e. The van der Waals surface area contributed by atoms with Crippen molar-refractivity contribution >= 4 is 16.8 Å². The summed E-state index contributed by atoms with van der Waals surface area (Å²) in [6, 6.07) is 17.1. The third-order valence-electron chi connectivity index (χ3n) is 5.28. The molecule has 0 fully saturated rings. The molecule has 0 unspecified atom stereocenters. The van der Waals surface area contributed by atoms with Crippen LogP contribution in [0.25, 0.3) is 16.7 Å². The van der Waals surface area contributed by atoms with Crippen molar-refractivity contribution in [1.29, 1.82) is 0 Å². The van der Waals surface area contributed by atoms with Crippen molar-refractivity contribution < 1.29 is 4.79 Å². The zero-order valence-corrected chi connectivity index (χ0v) is 16.4. The van der Waals surface area contributed by atoms with Gasteiger partial charge in [0.1, 0.15) is 11.7 Å². The minimum atomic E-state index is -0.276. The Morgan fingerprint density at radius 3 is 2.48 bits per heavy atom. The van der Waals surface area contributed by atoms with Crippen molar-refractivity contribution in [3.05, 3.63) is 88.6 Å². The maximum atomic E-state index is 12.8. The van der Waals surface area contributed by atoms with Gasteiger partial charge < -0.3 is 0 Å². The first-order valence-corrected chi connectivity index (χ1v) is 9.70. The predicted molar refractivity (Wildman–Crippen MR) is 113 cm³/mol. The number of Topliss-reactive ketones (excluding diaryl/α,β-unsaturated/α-hetero) is 1. The van der Waals surface area contributed by atoms with Crippen molar-refractivity contribution in [2.24, 2.45) is 0 Å². The number of aromatic nitrogens is 4. The van der Waals surface area contributed by atoms with Gasteiger partial charge in [-0.3, -0.25) is 14.2 Å². The van der Waals surface area contributed by atoms with Crippen LogP contribution in [0.15, 0.2) is 71.9 Å². The average molecular weight is 386 g/mol. The lowest BCUT2D eigenvalue weighted by Gasteiger charge is -2.10. The number of ketones is 1. The number of carbonyl (C=O) groups is 1. The lowest BCUT2D eigenvalue weighted by atomic mass is 9.97. The molecule has 2 aromatic carbocycles. The van der Waals surface area contributed by atoms with Gasteiger partial charge in [0.25, 0.3) is 5.56 Å². The van der Waals surface area contributed by atoms with Crippen molar-refractivity contribution in [3.8, 4) is 5.69 Å². The smallest absolute Gasteiger partial charge is 0.264 e. The van der Waals surface area contributed by atoms with Crippen LogP contribution < -0.4 is 5.56 Å². The van der Waals surface area contributed by atoms with Gasteiger partial charge >= 0.3 is 0 Å². The van der Waals surface area contributed by atoms with E-state index in [9.17, 15) is 9.59 Å². The highest BCUT2D eigenvalue weighted by molar-refractivity contribution is 5.96. The van der Waals surface area contributed by atoms with Crippen LogP contribution in [0.4, 0.5) is 0 Å². The Hall–Kier alpha value is -3.54. The Morgan fingerprint density at radius 1 is 1.07 bits per heavy atom. The molecule has 0 N–H and O–H groups in total. The average Bonchev–Trinajstić information content (AvgIpc) is 3.20. The monoisotopic (exact) mass is 386 g/mol. The molecule has 0 spiro atoms. The molecule has 29 heavy (non-hydrogen) atoms. The number of nitrogens with zero attached hydrogens (tertiary/aromatic N) is 4. The van der Waals surface area contributed by atoms with E-state index in [-0.39, 0.29) is 17.9 Å². The molecule has 146 valence electrons. The first kappa shape index (κ1) is 18.8. The lowest BCUT2D eigenvalue weighted by Crippen LogP contribution is -2.24. The second-order valence-electron chi connectivity index (χ2n) is 7.16. The number of para-hydroxylation sites is 1. The summed E-state index contributed by atoms with van der Waals surface area (Å²) in [5, 5.41) is 4.68. The van der Waals surface area contributed by atoms with Gasteiger partial charge in [0.05, 0.1) is 18.4 Å². The third kappa shape index (κ3) is 3.61. The highest BCUT2D eigenvalue weighted by Gasteiger charge is 2.14. The summed E-state index contributed by atoms with van der Waals surface area (Å²) >= 11 is 0. The summed E-state index contributed by atoms with van der Waals surface area (Å²) in [4.78, 5) is 29.9. The van der Waals surface area contributed by atoms with E-state index >= 15 is 0 Å². The van der Waals surface area contributed by atoms with E-state index in [2.05, 4.69) is 23.9 Å². The summed E-state index contributed by atoms with van der Waals surface area (Å²) < 4.78 is 2.96. The number of hydrogen-bond donors (Lipinski definition) is 0. The highest BCUT2D eigenvalue weighted by atomic mass is 16.1. The standard InChI is InChI=1S/C23H22N4O2/c1-3-16(2)17-9-11-18(12-10-17)21(28)14-26-15-24-22-20(23(26)29)13-25-27(22)19-7-5-4-6-8-19/h4-13,15-16H,3,14H2,1-2H3/t16-/m0/s1.